The summed E-state index contributed by atoms with van der Waals surface area (Å²) in [5, 5.41) is 17.1. The van der Waals surface area contributed by atoms with E-state index >= 15 is 0 Å². The number of hydrogen-bond donors (Lipinski definition) is 0. The average molecular weight is 1500 g/mol. The van der Waals surface area contributed by atoms with Gasteiger partial charge in [-0.2, -0.15) is 0 Å². The molecule has 2 heterocycles. The van der Waals surface area contributed by atoms with Crippen LogP contribution in [0.25, 0.3) is 22.3 Å². The Morgan fingerprint density at radius 1 is 0.253 bits per heavy atom. The van der Waals surface area contributed by atoms with Gasteiger partial charge in [0.2, 0.25) is 0 Å². The van der Waals surface area contributed by atoms with Crippen LogP contribution in [0.4, 0.5) is 0 Å². The van der Waals surface area contributed by atoms with Crippen LogP contribution in [0.5, 0.6) is 0 Å². The summed E-state index contributed by atoms with van der Waals surface area (Å²) in [6.45, 7) is 0. The summed E-state index contributed by atoms with van der Waals surface area (Å²) in [6.07, 6.45) is 15.3. The van der Waals surface area contributed by atoms with Crippen LogP contribution in [0.3, 0.4) is 0 Å². The Kier molecular flexibility index (Phi) is 19.3. The minimum Gasteiger partial charge on any atom is -0.366 e. The Morgan fingerprint density at radius 2 is 0.482 bits per heavy atom. The van der Waals surface area contributed by atoms with Gasteiger partial charge in [-0.15, -0.1) is 35.4 Å². The van der Waals surface area contributed by atoms with Gasteiger partial charge in [0.05, 0.1) is 0 Å². The van der Waals surface area contributed by atoms with E-state index in [1.54, 1.807) is 0 Å². The molecule has 0 fully saturated rings. The zero-order chi connectivity index (χ0) is 54.9. The Balaban J connectivity index is 0.000000137. The van der Waals surface area contributed by atoms with E-state index in [4.69, 9.17) is 12.8 Å². The van der Waals surface area contributed by atoms with Crippen molar-refractivity contribution in [3.05, 3.63) is 352 Å². The molecule has 6 heteroatoms. The Morgan fingerprint density at radius 3 is 0.747 bits per heavy atom. The molecule has 12 aromatic carbocycles. The molecule has 0 bridgehead atoms. The van der Waals surface area contributed by atoms with Crippen molar-refractivity contribution in [1.82, 2.24) is 0 Å². The third-order valence-electron chi connectivity index (χ3n) is 16.0. The van der Waals surface area contributed by atoms with Crippen LogP contribution < -0.4 is 62.7 Å². The van der Waals surface area contributed by atoms with Gasteiger partial charge in [0.1, 0.15) is 37.1 Å². The fraction of sp³-hybridized carbons (Fsp3) is 0.0130. The standard InChI is InChI=1S/2C26H17Si.C25H22P2.2Au/c2*1-2-20-17-18-24-23-15-9-10-16-25(23)27(26(24)19-20,21-11-5-3-6-12-21)22-13-7-4-8-14-22;1-5-13-22(14-6-1)26(23-15-7-2-8-16-23)21-27(24-17-9-3-10-18-24)25-19-11-4-12-20-25;;/h2*3-19H;1-20H,21H2;;/q2*-1;;2*+1/p+2. The quantitative estimate of drug-likeness (QED) is 0.0554. The predicted molar refractivity (Wildman–Crippen MR) is 356 cm³/mol. The normalized spacial score (nSPS) is 12.3. The third kappa shape index (κ3) is 11.5. The maximum atomic E-state index is 7.67. The molecular formula is C77H58Au2P2Si2+2. The van der Waals surface area contributed by atoms with Gasteiger partial charge < -0.3 is 12.8 Å². The molecule has 0 spiro atoms. The fourth-order valence-corrected chi connectivity index (χ4v) is 30.7. The molecule has 0 radical (unpaired) electrons. The summed E-state index contributed by atoms with van der Waals surface area (Å²) in [6, 6.07) is 118. The fourth-order valence-electron chi connectivity index (χ4n) is 12.5. The van der Waals surface area contributed by atoms with Gasteiger partial charge in [-0.25, -0.2) is 0 Å². The molecule has 0 aromatic heterocycles. The van der Waals surface area contributed by atoms with Crippen LogP contribution >= 0.6 is 15.8 Å². The molecule has 0 saturated carbocycles. The number of fused-ring (bicyclic) bond motifs is 6. The van der Waals surface area contributed by atoms with Gasteiger partial charge in [0, 0.05) is 0 Å². The van der Waals surface area contributed by atoms with Gasteiger partial charge in [0.25, 0.3) is 0 Å². The van der Waals surface area contributed by atoms with E-state index in [0.717, 1.165) is 11.1 Å². The van der Waals surface area contributed by atoms with Gasteiger partial charge in [-0.1, -0.05) is 265 Å². The summed E-state index contributed by atoms with van der Waals surface area (Å²) < 4.78 is 0. The van der Waals surface area contributed by atoms with Crippen molar-refractivity contribution in [2.45, 2.75) is 0 Å². The molecule has 0 nitrogen and oxygen atoms in total. The Bertz CT molecular complexity index is 3730. The zero-order valence-corrected chi connectivity index (χ0v) is 53.8. The van der Waals surface area contributed by atoms with Crippen molar-refractivity contribution < 1.29 is 44.8 Å². The van der Waals surface area contributed by atoms with Crippen molar-refractivity contribution in [2.75, 3.05) is 5.90 Å². The van der Waals surface area contributed by atoms with Crippen LogP contribution in [-0.4, -0.2) is 22.1 Å². The maximum absolute atomic E-state index is 7.67. The summed E-state index contributed by atoms with van der Waals surface area (Å²) in [7, 11) is -6.49. The van der Waals surface area contributed by atoms with Gasteiger partial charge in [0.15, 0.2) is 22.1 Å². The first kappa shape index (κ1) is 58.7. The van der Waals surface area contributed by atoms with E-state index < -0.39 is 32.0 Å². The molecule has 404 valence electrons. The van der Waals surface area contributed by atoms with E-state index in [9.17, 15) is 0 Å². The van der Waals surface area contributed by atoms with E-state index in [2.05, 4.69) is 327 Å². The SMILES string of the molecule is [Au+].[Au+].[C-]#Cc1ccc2c(c1)[Si](c1ccccc1)(c1ccccc1)c1ccccc1-2.[C-]#Cc1ccc2c(c1)[Si](c1ccccc1)(c1ccccc1)c1ccccc1-2.c1ccc([PH+](C[PH+](c2ccccc2)c2ccccc2)c2ccccc2)cc1. The topological polar surface area (TPSA) is 0 Å². The van der Waals surface area contributed by atoms with Gasteiger partial charge in [-0.05, 0) is 102 Å². The molecule has 0 N–H and O–H groups in total. The first-order chi connectivity index (χ1) is 40.1. The van der Waals surface area contributed by atoms with Crippen LogP contribution in [0.15, 0.2) is 328 Å². The molecule has 2 aliphatic heterocycles. The minimum absolute atomic E-state index is 0. The molecular weight excluding hydrogens is 1440 g/mol. The largest absolute Gasteiger partial charge is 1.00 e. The predicted octanol–water partition coefficient (Wildman–Crippen LogP) is 10.6. The molecule has 0 amide bonds. The van der Waals surface area contributed by atoms with E-state index in [0.29, 0.717) is 0 Å². The second-order valence-corrected chi connectivity index (χ2v) is 33.5. The molecule has 83 heavy (non-hydrogen) atoms. The Hall–Kier alpha value is -7.47. The zero-order valence-electron chi connectivity index (χ0n) is 45.5. The van der Waals surface area contributed by atoms with E-state index in [-0.39, 0.29) is 44.8 Å². The first-order valence-electron chi connectivity index (χ1n) is 27.6. The first-order valence-corrected chi connectivity index (χ1v) is 35.0. The molecule has 12 aromatic rings. The average Bonchev–Trinajstić information content (AvgIpc) is 1.84. The van der Waals surface area contributed by atoms with Crippen molar-refractivity contribution in [3.63, 3.8) is 0 Å². The van der Waals surface area contributed by atoms with Crippen LogP contribution in [0, 0.1) is 24.7 Å². The molecule has 0 atom stereocenters. The molecule has 2 aliphatic rings. The van der Waals surface area contributed by atoms with Gasteiger partial charge >= 0.3 is 44.8 Å². The summed E-state index contributed by atoms with van der Waals surface area (Å²) in [5.74, 6) is 6.44. The second-order valence-electron chi connectivity index (χ2n) is 20.4. The van der Waals surface area contributed by atoms with Crippen LogP contribution in [0.1, 0.15) is 11.1 Å². The molecule has 14 rings (SSSR count). The molecule has 0 saturated heterocycles. The smallest absolute Gasteiger partial charge is 0.366 e. The van der Waals surface area contributed by atoms with Crippen LogP contribution in [0.2, 0.25) is 0 Å². The monoisotopic (exact) mass is 1490 g/mol. The summed E-state index contributed by atoms with van der Waals surface area (Å²) >= 11 is 0. The number of benzene rings is 12. The summed E-state index contributed by atoms with van der Waals surface area (Å²) in [5.41, 5.74) is 6.91. The molecule has 0 aliphatic carbocycles. The second kappa shape index (κ2) is 27.3. The molecule has 0 unspecified atom stereocenters. The van der Waals surface area contributed by atoms with Gasteiger partial charge in [-0.3, -0.25) is 11.8 Å². The Labute approximate surface area is 526 Å². The number of rotatable bonds is 10. The van der Waals surface area contributed by atoms with Crippen molar-refractivity contribution >= 4 is 94.7 Å². The third-order valence-corrected chi connectivity index (χ3v) is 32.7. The number of hydrogen-bond acceptors (Lipinski definition) is 0. The minimum atomic E-state index is -2.40. The van der Waals surface area contributed by atoms with Crippen LogP contribution in [-0.2, 0) is 44.8 Å². The maximum Gasteiger partial charge on any atom is 1.00 e. The van der Waals surface area contributed by atoms with E-state index in [1.165, 1.54) is 90.9 Å². The van der Waals surface area contributed by atoms with Crippen molar-refractivity contribution in [3.8, 4) is 34.1 Å². The van der Waals surface area contributed by atoms with E-state index in [1.807, 2.05) is 12.1 Å². The summed E-state index contributed by atoms with van der Waals surface area (Å²) in [4.78, 5) is 0. The van der Waals surface area contributed by atoms with Crippen molar-refractivity contribution in [2.24, 2.45) is 0 Å². The van der Waals surface area contributed by atoms with Crippen molar-refractivity contribution in [1.29, 1.82) is 0 Å².